The molecule has 1 heterocycles. The number of nitrogens with one attached hydrogen (secondary N) is 1. The van der Waals surface area contributed by atoms with E-state index < -0.39 is 29.7 Å². The zero-order valence-electron chi connectivity index (χ0n) is 9.26. The molecule has 1 N–H and O–H groups in total. The number of carbonyl (C=O) groups is 4. The average molecular weight is 240 g/mol. The van der Waals surface area contributed by atoms with Gasteiger partial charge in [-0.15, -0.1) is 5.06 Å². The predicted octanol–water partition coefficient (Wildman–Crippen LogP) is -0.716. The van der Waals surface area contributed by atoms with Gasteiger partial charge in [-0.25, -0.2) is 4.79 Å². The fraction of sp³-hybridized carbons (Fsp3) is 0.400. The Labute approximate surface area is 97.4 Å². The van der Waals surface area contributed by atoms with E-state index >= 15 is 0 Å². The van der Waals surface area contributed by atoms with Crippen LogP contribution in [0.2, 0.25) is 0 Å². The SMILES string of the molecule is C=CC(=O)NC(C)C(=O)ON1C(=O)CCC1=O. The number of nitrogens with zero attached hydrogens (tertiary/aromatic N) is 1. The topological polar surface area (TPSA) is 92.8 Å². The van der Waals surface area contributed by atoms with E-state index in [9.17, 15) is 19.2 Å². The van der Waals surface area contributed by atoms with Crippen molar-refractivity contribution >= 4 is 23.7 Å². The molecule has 1 fully saturated rings. The summed E-state index contributed by atoms with van der Waals surface area (Å²) in [4.78, 5) is 49.2. The Kier molecular flexibility index (Phi) is 3.97. The standard InChI is InChI=1S/C10H12N2O5/c1-3-7(13)11-6(2)10(16)17-12-8(14)4-5-9(12)15/h3,6H,1,4-5H2,2H3,(H,11,13). The van der Waals surface area contributed by atoms with Crippen LogP contribution in [0.25, 0.3) is 0 Å². The second-order valence-electron chi connectivity index (χ2n) is 3.43. The predicted molar refractivity (Wildman–Crippen MR) is 55.0 cm³/mol. The zero-order valence-corrected chi connectivity index (χ0v) is 9.26. The summed E-state index contributed by atoms with van der Waals surface area (Å²) in [6.07, 6.45) is 1.05. The molecule has 0 bridgehead atoms. The molecule has 1 aliphatic heterocycles. The molecular weight excluding hydrogens is 228 g/mol. The number of hydrogen-bond donors (Lipinski definition) is 1. The van der Waals surface area contributed by atoms with Crippen molar-refractivity contribution in [2.24, 2.45) is 0 Å². The second-order valence-corrected chi connectivity index (χ2v) is 3.43. The van der Waals surface area contributed by atoms with E-state index in [4.69, 9.17) is 0 Å². The molecule has 0 radical (unpaired) electrons. The minimum absolute atomic E-state index is 0.0273. The van der Waals surface area contributed by atoms with Crippen molar-refractivity contribution in [1.29, 1.82) is 0 Å². The van der Waals surface area contributed by atoms with E-state index in [1.807, 2.05) is 0 Å². The lowest BCUT2D eigenvalue weighted by atomic mass is 10.3. The third kappa shape index (κ3) is 3.13. The number of carbonyl (C=O) groups excluding carboxylic acids is 4. The molecule has 0 aromatic heterocycles. The maximum Gasteiger partial charge on any atom is 0.354 e. The van der Waals surface area contributed by atoms with Crippen molar-refractivity contribution < 1.29 is 24.0 Å². The summed E-state index contributed by atoms with van der Waals surface area (Å²) >= 11 is 0. The lowest BCUT2D eigenvalue weighted by Crippen LogP contribution is -2.43. The number of hydroxylamine groups is 2. The first kappa shape index (κ1) is 12.9. The van der Waals surface area contributed by atoms with Gasteiger partial charge < -0.3 is 10.2 Å². The molecular formula is C10H12N2O5. The van der Waals surface area contributed by atoms with Gasteiger partial charge in [0.05, 0.1) is 0 Å². The molecule has 1 aliphatic rings. The number of imide groups is 1. The molecule has 0 aromatic carbocycles. The summed E-state index contributed by atoms with van der Waals surface area (Å²) in [5, 5.41) is 2.68. The van der Waals surface area contributed by atoms with Crippen LogP contribution in [-0.2, 0) is 24.0 Å². The van der Waals surface area contributed by atoms with Crippen LogP contribution in [0.4, 0.5) is 0 Å². The lowest BCUT2D eigenvalue weighted by Gasteiger charge is -2.16. The number of hydrogen-bond acceptors (Lipinski definition) is 5. The first-order valence-electron chi connectivity index (χ1n) is 4.96. The van der Waals surface area contributed by atoms with Gasteiger partial charge in [-0.2, -0.15) is 0 Å². The van der Waals surface area contributed by atoms with Crippen molar-refractivity contribution in [2.45, 2.75) is 25.8 Å². The van der Waals surface area contributed by atoms with E-state index in [-0.39, 0.29) is 12.8 Å². The van der Waals surface area contributed by atoms with E-state index in [1.54, 1.807) is 0 Å². The van der Waals surface area contributed by atoms with Crippen molar-refractivity contribution in [2.75, 3.05) is 0 Å². The Hall–Kier alpha value is -2.18. The highest BCUT2D eigenvalue weighted by Gasteiger charge is 2.34. The molecule has 7 heteroatoms. The van der Waals surface area contributed by atoms with Crippen molar-refractivity contribution in [3.05, 3.63) is 12.7 Å². The molecule has 3 amide bonds. The van der Waals surface area contributed by atoms with Gasteiger partial charge in [-0.1, -0.05) is 6.58 Å². The van der Waals surface area contributed by atoms with Crippen LogP contribution in [0.3, 0.4) is 0 Å². The normalized spacial score (nSPS) is 16.6. The maximum absolute atomic E-state index is 11.4. The molecule has 1 rings (SSSR count). The van der Waals surface area contributed by atoms with E-state index in [0.29, 0.717) is 5.06 Å². The summed E-state index contributed by atoms with van der Waals surface area (Å²) < 4.78 is 0. The van der Waals surface area contributed by atoms with Crippen LogP contribution in [0, 0.1) is 0 Å². The van der Waals surface area contributed by atoms with Crippen LogP contribution in [0.5, 0.6) is 0 Å². The van der Waals surface area contributed by atoms with Gasteiger partial charge in [-0.3, -0.25) is 14.4 Å². The molecule has 92 valence electrons. The molecule has 1 saturated heterocycles. The number of amides is 3. The quantitative estimate of drug-likeness (QED) is 0.517. The van der Waals surface area contributed by atoms with Crippen LogP contribution >= 0.6 is 0 Å². The highest BCUT2D eigenvalue weighted by Crippen LogP contribution is 2.12. The minimum Gasteiger partial charge on any atom is -0.339 e. The van der Waals surface area contributed by atoms with Crippen molar-refractivity contribution in [3.8, 4) is 0 Å². The van der Waals surface area contributed by atoms with E-state index in [1.165, 1.54) is 6.92 Å². The van der Waals surface area contributed by atoms with Gasteiger partial charge in [-0.05, 0) is 13.0 Å². The molecule has 0 saturated carbocycles. The third-order valence-electron chi connectivity index (χ3n) is 2.08. The number of rotatable bonds is 4. The minimum atomic E-state index is -0.971. The molecule has 7 nitrogen and oxygen atoms in total. The largest absolute Gasteiger partial charge is 0.354 e. The molecule has 0 aliphatic carbocycles. The third-order valence-corrected chi connectivity index (χ3v) is 2.08. The molecule has 1 unspecified atom stereocenters. The summed E-state index contributed by atoms with van der Waals surface area (Å²) in [6, 6.07) is -0.971. The van der Waals surface area contributed by atoms with Gasteiger partial charge >= 0.3 is 5.97 Å². The van der Waals surface area contributed by atoms with E-state index in [2.05, 4.69) is 16.7 Å². The van der Waals surface area contributed by atoms with Gasteiger partial charge in [0.2, 0.25) is 5.91 Å². The highest BCUT2D eigenvalue weighted by atomic mass is 16.7. The second kappa shape index (κ2) is 5.24. The first-order chi connectivity index (χ1) is 7.95. The summed E-state index contributed by atoms with van der Waals surface area (Å²) in [5.41, 5.74) is 0. The highest BCUT2D eigenvalue weighted by molar-refractivity contribution is 6.02. The summed E-state index contributed by atoms with van der Waals surface area (Å²) in [7, 11) is 0. The lowest BCUT2D eigenvalue weighted by molar-refractivity contribution is -0.198. The van der Waals surface area contributed by atoms with Gasteiger partial charge in [0.1, 0.15) is 6.04 Å². The van der Waals surface area contributed by atoms with Gasteiger partial charge in [0, 0.05) is 12.8 Å². The Morgan fingerprint density at radius 2 is 1.94 bits per heavy atom. The molecule has 17 heavy (non-hydrogen) atoms. The Morgan fingerprint density at radius 1 is 1.41 bits per heavy atom. The summed E-state index contributed by atoms with van der Waals surface area (Å²) in [6.45, 7) is 4.59. The van der Waals surface area contributed by atoms with Crippen molar-refractivity contribution in [1.82, 2.24) is 10.4 Å². The Morgan fingerprint density at radius 3 is 2.41 bits per heavy atom. The van der Waals surface area contributed by atoms with Gasteiger partial charge in [0.15, 0.2) is 0 Å². The van der Waals surface area contributed by atoms with Gasteiger partial charge in [0.25, 0.3) is 11.8 Å². The fourth-order valence-electron chi connectivity index (χ4n) is 1.16. The first-order valence-corrected chi connectivity index (χ1v) is 4.96. The van der Waals surface area contributed by atoms with Crippen LogP contribution in [0.15, 0.2) is 12.7 Å². The van der Waals surface area contributed by atoms with E-state index in [0.717, 1.165) is 6.08 Å². The molecule has 1 atom stereocenters. The zero-order chi connectivity index (χ0) is 13.0. The Balaban J connectivity index is 2.54. The Bertz CT molecular complexity index is 374. The van der Waals surface area contributed by atoms with Crippen LogP contribution < -0.4 is 5.32 Å². The van der Waals surface area contributed by atoms with Crippen molar-refractivity contribution in [3.63, 3.8) is 0 Å². The smallest absolute Gasteiger partial charge is 0.339 e. The van der Waals surface area contributed by atoms with Crippen LogP contribution in [-0.4, -0.2) is 34.8 Å². The summed E-state index contributed by atoms with van der Waals surface area (Å²) in [5.74, 6) is -2.56. The monoisotopic (exact) mass is 240 g/mol. The molecule has 0 spiro atoms. The average Bonchev–Trinajstić information content (AvgIpc) is 2.60. The van der Waals surface area contributed by atoms with Crippen LogP contribution in [0.1, 0.15) is 19.8 Å². The maximum atomic E-state index is 11.4. The fourth-order valence-corrected chi connectivity index (χ4v) is 1.16. The molecule has 0 aromatic rings.